The van der Waals surface area contributed by atoms with Gasteiger partial charge in [0.25, 0.3) is 0 Å². The number of aliphatic carboxylic acids is 2. The molecule has 7 atom stereocenters. The third kappa shape index (κ3) is 13.3. The lowest BCUT2D eigenvalue weighted by Crippen LogP contribution is -2.60. The quantitative estimate of drug-likeness (QED) is 0.0546. The fraction of sp³-hybridized carbons (Fsp3) is 0.571. The Hall–Kier alpha value is -5.63. The van der Waals surface area contributed by atoms with Crippen molar-refractivity contribution in [2.24, 2.45) is 5.73 Å². The molecule has 0 aromatic heterocycles. The molecule has 55 heavy (non-hydrogen) atoms. The van der Waals surface area contributed by atoms with Gasteiger partial charge in [-0.3, -0.25) is 38.4 Å². The first-order chi connectivity index (χ1) is 26.1. The molecule has 0 bridgehead atoms. The van der Waals surface area contributed by atoms with Crippen LogP contribution in [0.3, 0.4) is 0 Å². The summed E-state index contributed by atoms with van der Waals surface area (Å²) in [6.45, 7) is 0.817. The minimum absolute atomic E-state index is 0.0446. The summed E-state index contributed by atoms with van der Waals surface area (Å²) in [5, 5.41) is 43.4. The summed E-state index contributed by atoms with van der Waals surface area (Å²) in [7, 11) is 0. The third-order valence-corrected chi connectivity index (χ3v) is 9.19. The van der Waals surface area contributed by atoms with Crippen molar-refractivity contribution in [2.45, 2.75) is 107 Å². The second-order valence-corrected chi connectivity index (χ2v) is 13.4. The van der Waals surface area contributed by atoms with Gasteiger partial charge in [0, 0.05) is 19.4 Å². The molecule has 2 aliphatic heterocycles. The van der Waals surface area contributed by atoms with Gasteiger partial charge in [0.05, 0.1) is 13.0 Å². The number of aliphatic hydroxyl groups excluding tert-OH is 1. The molecule has 2 saturated heterocycles. The van der Waals surface area contributed by atoms with Gasteiger partial charge in [-0.15, -0.1) is 0 Å². The largest absolute Gasteiger partial charge is 0.481 e. The molecule has 0 saturated carbocycles. The lowest BCUT2D eigenvalue weighted by atomic mass is 10.1. The van der Waals surface area contributed by atoms with E-state index in [9.17, 15) is 58.5 Å². The molecule has 0 radical (unpaired) electrons. The molecule has 20 nitrogen and oxygen atoms in total. The number of nitrogens with one attached hydrogen (secondary N) is 6. The summed E-state index contributed by atoms with van der Waals surface area (Å²) in [5.41, 5.74) is 6.21. The standard InChI is InChI=1S/C35H50N8O12/c1-19(29(48)41-24(35(54)55)16-20-8-3-2-4-9-20)37-31(50)23(17-28(46)47)40-30(49)21(10-5-6-14-36)39-32(51)25(18-44)42-33(52)26-11-7-15-43(26)34(53)22-12-13-27(45)38-22/h2-4,8-9,19,21-26,44H,5-7,10-18,36H2,1H3,(H,37,50)(H,38,45)(H,39,51)(H,40,49)(H,41,48)(H,42,52)(H,46,47)(H,54,55)/t19-,21-,22-,23-,24-,25-,26-/m0/s1. The van der Waals surface area contributed by atoms with E-state index in [-0.39, 0.29) is 51.1 Å². The number of amides is 7. The van der Waals surface area contributed by atoms with Crippen molar-refractivity contribution >= 4 is 53.3 Å². The van der Waals surface area contributed by atoms with Crippen LogP contribution >= 0.6 is 0 Å². The summed E-state index contributed by atoms with van der Waals surface area (Å²) >= 11 is 0. The van der Waals surface area contributed by atoms with E-state index < -0.39 is 103 Å². The zero-order valence-electron chi connectivity index (χ0n) is 30.5. The number of nitrogens with two attached hydrogens (primary N) is 1. The number of unbranched alkanes of at least 4 members (excludes halogenated alkanes) is 1. The van der Waals surface area contributed by atoms with Crippen molar-refractivity contribution < 1.29 is 58.5 Å². The maximum absolute atomic E-state index is 13.5. The minimum Gasteiger partial charge on any atom is -0.481 e. The van der Waals surface area contributed by atoms with Gasteiger partial charge in [-0.2, -0.15) is 0 Å². The molecule has 0 aliphatic carbocycles. The molecule has 1 aromatic carbocycles. The molecule has 302 valence electrons. The predicted octanol–water partition coefficient (Wildman–Crippen LogP) is -3.38. The highest BCUT2D eigenvalue weighted by Gasteiger charge is 2.40. The third-order valence-electron chi connectivity index (χ3n) is 9.19. The molecule has 1 aromatic rings. The number of rotatable bonds is 21. The number of aliphatic hydroxyl groups is 1. The van der Waals surface area contributed by atoms with E-state index in [2.05, 4.69) is 31.9 Å². The molecule has 0 spiro atoms. The molecular formula is C35H50N8O12. The zero-order valence-corrected chi connectivity index (χ0v) is 30.5. The molecule has 7 amide bonds. The van der Waals surface area contributed by atoms with Crippen molar-refractivity contribution in [3.05, 3.63) is 35.9 Å². The van der Waals surface area contributed by atoms with Gasteiger partial charge in [-0.1, -0.05) is 30.3 Å². The van der Waals surface area contributed by atoms with E-state index in [1.54, 1.807) is 30.3 Å². The Morgan fingerprint density at radius 2 is 1.47 bits per heavy atom. The Morgan fingerprint density at radius 1 is 0.836 bits per heavy atom. The smallest absolute Gasteiger partial charge is 0.326 e. The van der Waals surface area contributed by atoms with Crippen molar-refractivity contribution in [1.82, 2.24) is 36.8 Å². The van der Waals surface area contributed by atoms with Gasteiger partial charge in [0.1, 0.15) is 42.3 Å². The van der Waals surface area contributed by atoms with Crippen molar-refractivity contribution in [2.75, 3.05) is 19.7 Å². The first-order valence-electron chi connectivity index (χ1n) is 18.1. The summed E-state index contributed by atoms with van der Waals surface area (Å²) < 4.78 is 0. The molecule has 3 rings (SSSR count). The van der Waals surface area contributed by atoms with Gasteiger partial charge >= 0.3 is 11.9 Å². The van der Waals surface area contributed by atoms with E-state index in [0.717, 1.165) is 0 Å². The maximum Gasteiger partial charge on any atom is 0.326 e. The molecule has 2 heterocycles. The second-order valence-electron chi connectivity index (χ2n) is 13.4. The summed E-state index contributed by atoms with van der Waals surface area (Å²) in [4.78, 5) is 116. The molecule has 20 heteroatoms. The Morgan fingerprint density at radius 3 is 2.07 bits per heavy atom. The van der Waals surface area contributed by atoms with Crippen molar-refractivity contribution in [3.8, 4) is 0 Å². The number of carbonyl (C=O) groups is 9. The Labute approximate surface area is 316 Å². The van der Waals surface area contributed by atoms with Gasteiger partial charge in [-0.05, 0) is 57.6 Å². The Bertz CT molecular complexity index is 1580. The van der Waals surface area contributed by atoms with Crippen LogP contribution in [0, 0.1) is 0 Å². The first-order valence-corrected chi connectivity index (χ1v) is 18.1. The number of nitrogens with zero attached hydrogens (tertiary/aromatic N) is 1. The van der Waals surface area contributed by atoms with Gasteiger partial charge in [0.2, 0.25) is 41.4 Å². The highest BCUT2D eigenvalue weighted by Crippen LogP contribution is 2.21. The average molecular weight is 775 g/mol. The number of carboxylic acid groups (broad SMARTS) is 2. The van der Waals surface area contributed by atoms with Gasteiger partial charge in [-0.25, -0.2) is 4.79 Å². The van der Waals surface area contributed by atoms with Crippen LogP contribution in [-0.4, -0.2) is 135 Å². The van der Waals surface area contributed by atoms with Crippen molar-refractivity contribution in [3.63, 3.8) is 0 Å². The highest BCUT2D eigenvalue weighted by atomic mass is 16.4. The number of carbonyl (C=O) groups excluding carboxylic acids is 7. The molecule has 2 aliphatic rings. The monoisotopic (exact) mass is 774 g/mol. The van der Waals surface area contributed by atoms with Gasteiger partial charge < -0.3 is 57.9 Å². The molecule has 11 N–H and O–H groups in total. The first kappa shape index (κ1) is 43.8. The predicted molar refractivity (Wildman–Crippen MR) is 191 cm³/mol. The van der Waals surface area contributed by atoms with Gasteiger partial charge in [0.15, 0.2) is 0 Å². The Balaban J connectivity index is 1.66. The van der Waals surface area contributed by atoms with Crippen LogP contribution in [0.5, 0.6) is 0 Å². The van der Waals surface area contributed by atoms with Crippen molar-refractivity contribution in [1.29, 1.82) is 0 Å². The van der Waals surface area contributed by atoms with Crippen LogP contribution in [-0.2, 0) is 49.6 Å². The SMILES string of the molecule is C[C@H](NC(=O)[C@H](CC(=O)O)NC(=O)[C@H](CCCCN)NC(=O)[C@H](CO)NC(=O)[C@@H]1CCCN1C(=O)[C@@H]1CCC(=O)N1)C(=O)N[C@@H](Cc1ccccc1)C(=O)O. The highest BCUT2D eigenvalue weighted by molar-refractivity contribution is 5.98. The number of hydrogen-bond acceptors (Lipinski definition) is 11. The topological polar surface area (TPSA) is 316 Å². The lowest BCUT2D eigenvalue weighted by Gasteiger charge is -2.28. The molecule has 0 unspecified atom stereocenters. The minimum atomic E-state index is -1.75. The fourth-order valence-corrected chi connectivity index (χ4v) is 6.18. The van der Waals surface area contributed by atoms with E-state index in [1.807, 2.05) is 0 Å². The van der Waals surface area contributed by atoms with Crippen LogP contribution in [0.25, 0.3) is 0 Å². The summed E-state index contributed by atoms with van der Waals surface area (Å²) in [6.07, 6.45) is 0.883. The van der Waals surface area contributed by atoms with E-state index in [1.165, 1.54) is 11.8 Å². The van der Waals surface area contributed by atoms with Crippen LogP contribution in [0.1, 0.15) is 63.9 Å². The lowest BCUT2D eigenvalue weighted by molar-refractivity contribution is -0.143. The fourth-order valence-electron chi connectivity index (χ4n) is 6.18. The van der Waals surface area contributed by atoms with E-state index >= 15 is 0 Å². The van der Waals surface area contributed by atoms with E-state index in [4.69, 9.17) is 5.73 Å². The normalized spacial score (nSPS) is 19.1. The number of hydrogen-bond donors (Lipinski definition) is 10. The molecule has 2 fully saturated rings. The summed E-state index contributed by atoms with van der Waals surface area (Å²) in [6, 6.07) is -0.716. The second kappa shape index (κ2) is 21.3. The van der Waals surface area contributed by atoms with Crippen LogP contribution in [0.2, 0.25) is 0 Å². The van der Waals surface area contributed by atoms with Crippen LogP contribution in [0.15, 0.2) is 30.3 Å². The van der Waals surface area contributed by atoms with Crippen LogP contribution < -0.4 is 37.6 Å². The Kier molecular flexibility index (Phi) is 17.0. The molecular weight excluding hydrogens is 724 g/mol. The zero-order chi connectivity index (χ0) is 40.7. The number of benzene rings is 1. The van der Waals surface area contributed by atoms with Crippen LogP contribution in [0.4, 0.5) is 0 Å². The number of carboxylic acids is 2. The maximum atomic E-state index is 13.5. The van der Waals surface area contributed by atoms with E-state index in [0.29, 0.717) is 24.8 Å². The summed E-state index contributed by atoms with van der Waals surface area (Å²) in [5.74, 6) is -8.24. The average Bonchev–Trinajstić information content (AvgIpc) is 3.82. The number of likely N-dealkylation sites (tertiary alicyclic amines) is 1.